The molecule has 0 aliphatic heterocycles. The van der Waals surface area contributed by atoms with Crippen molar-refractivity contribution in [2.24, 2.45) is 0 Å². The zero-order valence-corrected chi connectivity index (χ0v) is 41.4. The van der Waals surface area contributed by atoms with E-state index in [2.05, 4.69) is 50.3 Å². The summed E-state index contributed by atoms with van der Waals surface area (Å²) in [5.74, 6) is -1.10. The number of rotatable bonds is 43. The third-order valence-electron chi connectivity index (χ3n) is 12.0. The van der Waals surface area contributed by atoms with Crippen LogP contribution in [0.15, 0.2) is 36.5 Å². The van der Waals surface area contributed by atoms with Crippen LogP contribution in [-0.2, 0) is 32.7 Å². The smallest absolute Gasteiger partial charge is 0.462 e. The maximum absolute atomic E-state index is 12.8. The van der Waals surface area contributed by atoms with E-state index in [0.717, 1.165) is 70.6 Å². The van der Waals surface area contributed by atoms with Gasteiger partial charge in [0.05, 0.1) is 6.61 Å². The SMILES string of the molecule is CCCCC/C=C\C/C=C\CCCCCCCCCCCC(=O)O[C@H](COC(=O)CCCCCCCCC/C=C\CCCCCCCC)COP(=O)(O)OC1C(O)C(O)C(O)[C@@H](O)C1O. The lowest BCUT2D eigenvalue weighted by Gasteiger charge is -2.41. The molecule has 0 aromatic heterocycles. The van der Waals surface area contributed by atoms with Crippen LogP contribution in [0.5, 0.6) is 0 Å². The first-order valence-electron chi connectivity index (χ1n) is 25.8. The monoisotopic (exact) mass is 945 g/mol. The van der Waals surface area contributed by atoms with Gasteiger partial charge >= 0.3 is 19.8 Å². The number of carbonyl (C=O) groups excluding carboxylic acids is 2. The van der Waals surface area contributed by atoms with Crippen LogP contribution in [0.4, 0.5) is 0 Å². The largest absolute Gasteiger partial charge is 0.472 e. The molecule has 0 bridgehead atoms. The van der Waals surface area contributed by atoms with Gasteiger partial charge in [0.15, 0.2) is 6.10 Å². The number of carbonyl (C=O) groups is 2. The van der Waals surface area contributed by atoms with Crippen LogP contribution in [0.1, 0.15) is 219 Å². The molecule has 6 unspecified atom stereocenters. The van der Waals surface area contributed by atoms with Crippen LogP contribution in [0.2, 0.25) is 0 Å². The van der Waals surface area contributed by atoms with E-state index in [1.807, 2.05) is 0 Å². The Kier molecular flexibility index (Phi) is 38.6. The lowest BCUT2D eigenvalue weighted by Crippen LogP contribution is -2.64. The predicted octanol–water partition coefficient (Wildman–Crippen LogP) is 11.0. The van der Waals surface area contributed by atoms with E-state index in [4.69, 9.17) is 18.5 Å². The summed E-state index contributed by atoms with van der Waals surface area (Å²) < 4.78 is 33.6. The average molecular weight is 945 g/mol. The first-order valence-corrected chi connectivity index (χ1v) is 27.3. The number of aliphatic hydroxyl groups is 5. The van der Waals surface area contributed by atoms with Crippen molar-refractivity contribution in [3.63, 3.8) is 0 Å². The van der Waals surface area contributed by atoms with Crippen molar-refractivity contribution in [1.29, 1.82) is 0 Å². The van der Waals surface area contributed by atoms with Crippen molar-refractivity contribution in [1.82, 2.24) is 0 Å². The Morgan fingerprint density at radius 2 is 0.831 bits per heavy atom. The Morgan fingerprint density at radius 3 is 1.29 bits per heavy atom. The molecule has 0 aromatic carbocycles. The second kappa shape index (κ2) is 41.1. The number of phosphoric ester groups is 1. The molecule has 380 valence electrons. The van der Waals surface area contributed by atoms with Gasteiger partial charge in [0.1, 0.15) is 43.2 Å². The molecule has 8 atom stereocenters. The second-order valence-electron chi connectivity index (χ2n) is 18.0. The Balaban J connectivity index is 2.40. The molecular weight excluding hydrogens is 852 g/mol. The van der Waals surface area contributed by atoms with Crippen molar-refractivity contribution in [2.45, 2.75) is 262 Å². The zero-order valence-electron chi connectivity index (χ0n) is 40.5. The molecular formula is C51H93O13P. The molecule has 1 aliphatic rings. The van der Waals surface area contributed by atoms with Crippen molar-refractivity contribution < 1.29 is 63.1 Å². The number of allylic oxidation sites excluding steroid dienone is 6. The highest BCUT2D eigenvalue weighted by Crippen LogP contribution is 2.47. The number of hydrogen-bond donors (Lipinski definition) is 6. The normalized spacial score (nSPS) is 21.7. The molecule has 0 saturated heterocycles. The zero-order chi connectivity index (χ0) is 47.8. The molecule has 1 aliphatic carbocycles. The minimum Gasteiger partial charge on any atom is -0.462 e. The molecule has 0 spiro atoms. The van der Waals surface area contributed by atoms with E-state index in [1.165, 1.54) is 109 Å². The Bertz CT molecular complexity index is 1280. The van der Waals surface area contributed by atoms with Gasteiger partial charge in [-0.3, -0.25) is 18.6 Å². The third kappa shape index (κ3) is 33.3. The Morgan fingerprint density at radius 1 is 0.477 bits per heavy atom. The van der Waals surface area contributed by atoms with Gasteiger partial charge in [-0.1, -0.05) is 172 Å². The van der Waals surface area contributed by atoms with Crippen molar-refractivity contribution >= 4 is 19.8 Å². The van der Waals surface area contributed by atoms with E-state index in [-0.39, 0.29) is 12.8 Å². The van der Waals surface area contributed by atoms with E-state index < -0.39 is 75.7 Å². The Labute approximate surface area is 393 Å². The summed E-state index contributed by atoms with van der Waals surface area (Å²) in [5, 5.41) is 50.3. The fraction of sp³-hybridized carbons (Fsp3) is 0.843. The summed E-state index contributed by atoms with van der Waals surface area (Å²) in [6.45, 7) is 3.29. The standard InChI is InChI=1S/C51H93O13P/c1-3-5-7-9-11-13-15-17-19-21-22-24-26-28-30-32-34-36-38-40-45(53)63-43(42-62-65(59,60)64-51-49(57)47(55)46(54)48(56)50(51)58)41-61-44(52)39-37-35-33-31-29-27-25-23-20-18-16-14-12-10-8-6-4-2/h11,13,17-20,43,46-51,54-58H,3-10,12,14-16,21-42H2,1-2H3,(H,59,60)/b13-11-,19-17-,20-18-/t43-,46?,47-,48?,49?,50?,51?/m1/s1. The minimum atomic E-state index is -5.12. The van der Waals surface area contributed by atoms with E-state index >= 15 is 0 Å². The van der Waals surface area contributed by atoms with E-state index in [1.54, 1.807) is 0 Å². The first-order chi connectivity index (χ1) is 31.4. The van der Waals surface area contributed by atoms with Crippen LogP contribution in [-0.4, -0.2) is 98.3 Å². The minimum absolute atomic E-state index is 0.0917. The highest BCUT2D eigenvalue weighted by atomic mass is 31.2. The quantitative estimate of drug-likeness (QED) is 0.0146. The average Bonchev–Trinajstić information content (AvgIpc) is 3.29. The molecule has 0 radical (unpaired) electrons. The molecule has 13 nitrogen and oxygen atoms in total. The van der Waals surface area contributed by atoms with Crippen LogP contribution < -0.4 is 0 Å². The Hall–Kier alpha value is -1.93. The number of unbranched alkanes of at least 4 members (excludes halogenated alkanes) is 25. The maximum Gasteiger partial charge on any atom is 0.472 e. The van der Waals surface area contributed by atoms with Gasteiger partial charge in [-0.05, 0) is 70.6 Å². The van der Waals surface area contributed by atoms with Gasteiger partial charge in [0.2, 0.25) is 0 Å². The summed E-state index contributed by atoms with van der Waals surface area (Å²) in [6.07, 6.45) is 34.7. The summed E-state index contributed by atoms with van der Waals surface area (Å²) in [5.41, 5.74) is 0. The summed E-state index contributed by atoms with van der Waals surface area (Å²) in [6, 6.07) is 0. The lowest BCUT2D eigenvalue weighted by atomic mass is 9.85. The van der Waals surface area contributed by atoms with Gasteiger partial charge in [0, 0.05) is 12.8 Å². The topological polar surface area (TPSA) is 210 Å². The number of ether oxygens (including phenoxy) is 2. The van der Waals surface area contributed by atoms with Crippen molar-refractivity contribution in [2.75, 3.05) is 13.2 Å². The molecule has 1 rings (SSSR count). The van der Waals surface area contributed by atoms with Crippen LogP contribution in [0.3, 0.4) is 0 Å². The van der Waals surface area contributed by atoms with E-state index in [0.29, 0.717) is 12.8 Å². The lowest BCUT2D eigenvalue weighted by molar-refractivity contribution is -0.220. The number of esters is 2. The summed E-state index contributed by atoms with van der Waals surface area (Å²) in [7, 11) is -5.12. The third-order valence-corrected chi connectivity index (χ3v) is 12.9. The number of aliphatic hydroxyl groups excluding tert-OH is 5. The van der Waals surface area contributed by atoms with E-state index in [9.17, 15) is 44.6 Å². The van der Waals surface area contributed by atoms with Gasteiger partial charge in [-0.2, -0.15) is 0 Å². The van der Waals surface area contributed by atoms with Gasteiger partial charge in [-0.25, -0.2) is 4.57 Å². The molecule has 1 saturated carbocycles. The van der Waals surface area contributed by atoms with Gasteiger partial charge in [-0.15, -0.1) is 0 Å². The van der Waals surface area contributed by atoms with Crippen LogP contribution in [0, 0.1) is 0 Å². The summed E-state index contributed by atoms with van der Waals surface area (Å²) >= 11 is 0. The van der Waals surface area contributed by atoms with Crippen molar-refractivity contribution in [3.05, 3.63) is 36.5 Å². The molecule has 0 aromatic rings. The van der Waals surface area contributed by atoms with Crippen LogP contribution in [0.25, 0.3) is 0 Å². The highest BCUT2D eigenvalue weighted by molar-refractivity contribution is 7.47. The summed E-state index contributed by atoms with van der Waals surface area (Å²) in [4.78, 5) is 35.8. The predicted molar refractivity (Wildman–Crippen MR) is 258 cm³/mol. The molecule has 0 heterocycles. The second-order valence-corrected chi connectivity index (χ2v) is 19.4. The van der Waals surface area contributed by atoms with Gasteiger partial charge < -0.3 is 39.9 Å². The first kappa shape index (κ1) is 61.1. The molecule has 14 heteroatoms. The molecule has 1 fully saturated rings. The van der Waals surface area contributed by atoms with Crippen molar-refractivity contribution in [3.8, 4) is 0 Å². The van der Waals surface area contributed by atoms with Gasteiger partial charge in [0.25, 0.3) is 0 Å². The maximum atomic E-state index is 12.8. The molecule has 0 amide bonds. The number of hydrogen-bond acceptors (Lipinski definition) is 12. The highest BCUT2D eigenvalue weighted by Gasteiger charge is 2.51. The number of phosphoric acid groups is 1. The fourth-order valence-electron chi connectivity index (χ4n) is 7.78. The fourth-order valence-corrected chi connectivity index (χ4v) is 8.76. The molecule has 65 heavy (non-hydrogen) atoms. The van der Waals surface area contributed by atoms with Crippen LogP contribution >= 0.6 is 7.82 Å². The molecule has 6 N–H and O–H groups in total.